The Kier molecular flexibility index (Phi) is 14.1. The number of anilines is 6. The summed E-state index contributed by atoms with van der Waals surface area (Å²) in [7, 11) is 0. The second-order valence-electron chi connectivity index (χ2n) is 25.5. The fourth-order valence-electron chi connectivity index (χ4n) is 15.0. The van der Waals surface area contributed by atoms with E-state index in [2.05, 4.69) is 306 Å². The fourth-order valence-corrected chi connectivity index (χ4v) is 15.0. The van der Waals surface area contributed by atoms with Crippen molar-refractivity contribution in [2.24, 2.45) is 0 Å². The van der Waals surface area contributed by atoms with Crippen LogP contribution in [0.5, 0.6) is 0 Å². The number of hydrogen-bond donors (Lipinski definition) is 0. The van der Waals surface area contributed by atoms with Gasteiger partial charge in [-0.1, -0.05) is 255 Å². The minimum absolute atomic E-state index is 0.0407. The maximum atomic E-state index is 5.76. The van der Waals surface area contributed by atoms with E-state index in [0.29, 0.717) is 23.3 Å². The third-order valence-electron chi connectivity index (χ3n) is 19.6. The van der Waals surface area contributed by atoms with Crippen molar-refractivity contribution in [2.45, 2.75) is 0 Å². The van der Waals surface area contributed by atoms with Crippen LogP contribution in [0.4, 0.5) is 34.1 Å². The van der Waals surface area contributed by atoms with E-state index in [1.54, 1.807) is 0 Å². The van der Waals surface area contributed by atoms with Gasteiger partial charge in [-0.2, -0.15) is 0 Å². The minimum Gasteiger partial charge on any atom is -0.311 e. The van der Waals surface area contributed by atoms with E-state index < -0.39 is 0 Å². The van der Waals surface area contributed by atoms with Crippen molar-refractivity contribution >= 4 is 79.0 Å². The van der Waals surface area contributed by atoms with E-state index in [1.165, 1.54) is 27.8 Å². The van der Waals surface area contributed by atoms with Gasteiger partial charge in [-0.25, -0.2) is 24.9 Å². The molecule has 9 heteroatoms. The van der Waals surface area contributed by atoms with Gasteiger partial charge in [0.2, 0.25) is 0 Å². The topological polar surface area (TPSA) is 75.9 Å². The summed E-state index contributed by atoms with van der Waals surface area (Å²) in [5, 5.41) is 2.25. The van der Waals surface area contributed by atoms with Gasteiger partial charge >= 0.3 is 0 Å². The molecule has 2 aliphatic rings. The normalized spacial score (nSPS) is 12.1. The number of aromatic nitrogens is 6. The predicted molar refractivity (Wildman–Crippen MR) is 413 cm³/mol. The molecule has 0 aliphatic carbocycles. The van der Waals surface area contributed by atoms with Gasteiger partial charge in [-0.15, -0.1) is 0 Å². The summed E-state index contributed by atoms with van der Waals surface area (Å²) in [6, 6.07) is 128. The van der Waals surface area contributed by atoms with E-state index in [1.807, 2.05) is 66.7 Å². The Morgan fingerprint density at radius 1 is 0.220 bits per heavy atom. The largest absolute Gasteiger partial charge is 0.311 e. The highest BCUT2D eigenvalue weighted by Crippen LogP contribution is 2.46. The maximum absolute atomic E-state index is 5.76. The van der Waals surface area contributed by atoms with Gasteiger partial charge in [-0.05, 0) is 153 Å². The van der Waals surface area contributed by atoms with Gasteiger partial charge in [0.25, 0.3) is 6.71 Å². The zero-order chi connectivity index (χ0) is 66.0. The zero-order valence-electron chi connectivity index (χ0n) is 54.2. The summed E-state index contributed by atoms with van der Waals surface area (Å²) in [5.41, 5.74) is 27.2. The van der Waals surface area contributed by atoms with Crippen LogP contribution in [0.3, 0.4) is 0 Å². The van der Waals surface area contributed by atoms with Crippen LogP contribution in [0.1, 0.15) is 0 Å². The molecule has 0 radical (unpaired) electrons. The summed E-state index contributed by atoms with van der Waals surface area (Å²) >= 11 is 0. The number of rotatable bonds is 12. The van der Waals surface area contributed by atoms with Crippen molar-refractivity contribution in [2.75, 3.05) is 9.80 Å². The second kappa shape index (κ2) is 24.4. The molecular weight excluding hydrogens is 1220 g/mol. The second-order valence-corrected chi connectivity index (χ2v) is 25.5. The van der Waals surface area contributed by atoms with Crippen molar-refractivity contribution in [1.29, 1.82) is 0 Å². The molecule has 3 aromatic heterocycles. The molecule has 0 bridgehead atoms. The predicted octanol–water partition coefficient (Wildman–Crippen LogP) is 20.8. The number of nitrogens with zero attached hydrogens (tertiary/aromatic N) is 8. The lowest BCUT2D eigenvalue weighted by atomic mass is 9.33. The Balaban J connectivity index is 0.796. The first-order valence-corrected chi connectivity index (χ1v) is 33.9. The molecule has 8 nitrogen and oxygen atoms in total. The highest BCUT2D eigenvalue weighted by atomic mass is 15.2. The monoisotopic (exact) mass is 1270 g/mol. The molecule has 0 saturated heterocycles. The molecule has 0 fully saturated rings. The average Bonchev–Trinajstić information content (AvgIpc) is 1.34. The van der Waals surface area contributed by atoms with Crippen LogP contribution in [0.15, 0.2) is 358 Å². The van der Waals surface area contributed by atoms with E-state index >= 15 is 0 Å². The third kappa shape index (κ3) is 10.1. The fraction of sp³-hybridized carbons (Fsp3) is 0. The molecule has 0 atom stereocenters. The van der Waals surface area contributed by atoms with Crippen molar-refractivity contribution < 1.29 is 0 Å². The number of benzene rings is 14. The smallest absolute Gasteiger partial charge is 0.252 e. The molecule has 0 unspecified atom stereocenters. The Hall–Kier alpha value is -13.4. The molecule has 100 heavy (non-hydrogen) atoms. The Bertz CT molecular complexity index is 5830. The molecule has 0 spiro atoms. The molecule has 466 valence electrons. The number of para-hydroxylation sites is 3. The molecule has 19 rings (SSSR count). The zero-order valence-corrected chi connectivity index (χ0v) is 54.2. The SMILES string of the molecule is c1ccc(-c2ccc3c(c2)c2cc(-c4ccccc4)ccc2n3-c2ccc(-c3nc(-c4ccccc4)nc(-c4ccccc4)n3)cc2-c2nc(-c3ccccc3)cc(-c3cccc(-c4cccc(N5c6ccccc6B6c7ccccc7N(c7ccccc7)c7cccc5c76)c4)c3)n2)cc1. The Morgan fingerprint density at radius 2 is 0.610 bits per heavy atom. The van der Waals surface area contributed by atoms with Crippen LogP contribution in [-0.4, -0.2) is 36.2 Å². The van der Waals surface area contributed by atoms with Crippen molar-refractivity contribution in [3.63, 3.8) is 0 Å². The first-order chi connectivity index (χ1) is 49.6. The highest BCUT2D eigenvalue weighted by Gasteiger charge is 2.43. The molecule has 0 amide bonds. The van der Waals surface area contributed by atoms with Crippen LogP contribution in [0.25, 0.3) is 129 Å². The Labute approximate surface area is 579 Å². The van der Waals surface area contributed by atoms with Gasteiger partial charge in [-0.3, -0.25) is 0 Å². The lowest BCUT2D eigenvalue weighted by Crippen LogP contribution is -2.61. The molecule has 17 aromatic rings. The Morgan fingerprint density at radius 3 is 1.17 bits per heavy atom. The van der Waals surface area contributed by atoms with Crippen LogP contribution < -0.4 is 26.2 Å². The van der Waals surface area contributed by atoms with Crippen molar-refractivity contribution in [3.05, 3.63) is 358 Å². The van der Waals surface area contributed by atoms with Crippen LogP contribution >= 0.6 is 0 Å². The van der Waals surface area contributed by atoms with Gasteiger partial charge < -0.3 is 14.4 Å². The number of hydrogen-bond acceptors (Lipinski definition) is 7. The molecule has 0 N–H and O–H groups in total. The molecule has 0 saturated carbocycles. The van der Waals surface area contributed by atoms with Crippen LogP contribution in [0.2, 0.25) is 0 Å². The van der Waals surface area contributed by atoms with E-state index in [4.69, 9.17) is 24.9 Å². The summed E-state index contributed by atoms with van der Waals surface area (Å²) < 4.78 is 2.39. The summed E-state index contributed by atoms with van der Waals surface area (Å²) in [6.07, 6.45) is 0. The van der Waals surface area contributed by atoms with Crippen molar-refractivity contribution in [1.82, 2.24) is 29.5 Å². The van der Waals surface area contributed by atoms with E-state index in [0.717, 1.165) is 128 Å². The summed E-state index contributed by atoms with van der Waals surface area (Å²) in [6.45, 7) is 0.0407. The van der Waals surface area contributed by atoms with Gasteiger partial charge in [0, 0.05) is 78.3 Å². The van der Waals surface area contributed by atoms with Gasteiger partial charge in [0.15, 0.2) is 23.3 Å². The minimum atomic E-state index is 0.0407. The van der Waals surface area contributed by atoms with Crippen LogP contribution in [0, 0.1) is 0 Å². The first kappa shape index (κ1) is 58.0. The van der Waals surface area contributed by atoms with Gasteiger partial charge in [0.1, 0.15) is 0 Å². The van der Waals surface area contributed by atoms with Gasteiger partial charge in [0.05, 0.1) is 28.1 Å². The molecule has 2 aliphatic heterocycles. The third-order valence-corrected chi connectivity index (χ3v) is 19.6. The van der Waals surface area contributed by atoms with Crippen LogP contribution in [-0.2, 0) is 0 Å². The highest BCUT2D eigenvalue weighted by molar-refractivity contribution is 7.00. The molecular formula is C91H59BN8. The quantitative estimate of drug-likeness (QED) is 0.113. The summed E-state index contributed by atoms with van der Waals surface area (Å²) in [4.78, 5) is 32.0. The molecule has 14 aromatic carbocycles. The van der Waals surface area contributed by atoms with E-state index in [9.17, 15) is 0 Å². The maximum Gasteiger partial charge on any atom is 0.252 e. The lowest BCUT2D eigenvalue weighted by molar-refractivity contribution is 1.07. The first-order valence-electron chi connectivity index (χ1n) is 33.9. The standard InChI is InChI=1S/C91H59BN8/c1-7-26-60(27-8-1)67-48-51-80-73(56-67)74-57-68(61-28-9-2-10-29-61)49-52-81(74)100(80)82-53-50-70(90-96-88(63-32-13-4-14-33-63)95-89(97-90)64-34-15-5-16-35-64)58-75(82)91-93-78(62-30-11-3-12-31-62)59-79(94-91)69-38-23-36-65(54-69)66-37-24-41-72(55-66)99-84-45-22-20-43-77(84)92-76-42-19-21-44-83(76)98(71-39-17-6-18-40-71)85-46-25-47-86(99)87(85)92/h1-59H. The average molecular weight is 1280 g/mol. The lowest BCUT2D eigenvalue weighted by Gasteiger charge is -2.44. The molecule has 5 heterocycles. The van der Waals surface area contributed by atoms with E-state index in [-0.39, 0.29) is 6.71 Å². The van der Waals surface area contributed by atoms with Crippen molar-refractivity contribution in [3.8, 4) is 107 Å². The number of fused-ring (bicyclic) bond motifs is 7. The summed E-state index contributed by atoms with van der Waals surface area (Å²) in [5.74, 6) is 2.22.